The maximum Gasteiger partial charge on any atom is 0.163 e. The van der Waals surface area contributed by atoms with E-state index in [9.17, 15) is 0 Å². The maximum absolute atomic E-state index is 3.14. The summed E-state index contributed by atoms with van der Waals surface area (Å²) in [6.07, 6.45) is 0. The van der Waals surface area contributed by atoms with E-state index in [-0.39, 0.29) is 0 Å². The molecule has 0 aromatic heterocycles. The predicted molar refractivity (Wildman–Crippen MR) is 34.1 cm³/mol. The molecule has 0 fully saturated rings. The summed E-state index contributed by atoms with van der Waals surface area (Å²) in [5.74, 6) is 0. The van der Waals surface area contributed by atoms with Crippen LogP contribution in [0, 0.1) is 0 Å². The van der Waals surface area contributed by atoms with Gasteiger partial charge < -0.3 is 4.65 Å². The number of nitrogens with one attached hydrogen (secondary N) is 1. The molecule has 7 heavy (non-hydrogen) atoms. The Morgan fingerprint density at radius 2 is 2.29 bits per heavy atom. The zero-order valence-corrected chi connectivity index (χ0v) is 6.58. The van der Waals surface area contributed by atoms with E-state index in [1.165, 1.54) is 5.57 Å². The van der Waals surface area contributed by atoms with Gasteiger partial charge in [0.25, 0.3) is 0 Å². The summed E-state index contributed by atoms with van der Waals surface area (Å²) in [5.41, 5.74) is 3.48. The normalized spacial score (nSPS) is 8.43. The Balaban J connectivity index is 3.08. The molecule has 0 heterocycles. The zero-order chi connectivity index (χ0) is 5.70. The molecule has 0 aliphatic heterocycles. The number of allylic oxidation sites excluding steroid dienone is 1. The Hall–Kier alpha value is 0.134. The van der Waals surface area contributed by atoms with Crippen molar-refractivity contribution in [1.29, 1.82) is 0 Å². The van der Waals surface area contributed by atoms with E-state index in [1.807, 2.05) is 0 Å². The Morgan fingerprint density at radius 3 is 2.43 bits per heavy atom. The lowest BCUT2D eigenvalue weighted by Gasteiger charge is -1.85. The minimum Gasteiger partial charge on any atom is -0.361 e. The van der Waals surface area contributed by atoms with Gasteiger partial charge in [0.1, 0.15) is 10.4 Å². The molecule has 0 bridgehead atoms. The van der Waals surface area contributed by atoms with Gasteiger partial charge in [0, 0.05) is 0 Å². The standard InChI is InChI=1S/C4H8NSi2/c1-4(2)3-7-5-6/h3,5H,1-2H3. The van der Waals surface area contributed by atoms with Crippen molar-refractivity contribution in [3.8, 4) is 0 Å². The van der Waals surface area contributed by atoms with Crippen molar-refractivity contribution >= 4 is 20.1 Å². The number of hydrogen-bond donors (Lipinski definition) is 1. The van der Waals surface area contributed by atoms with Gasteiger partial charge in [-0.25, -0.2) is 0 Å². The second kappa shape index (κ2) is 4.30. The number of hydrogen-bond acceptors (Lipinski definition) is 1. The third-order valence-electron chi connectivity index (χ3n) is 0.433. The van der Waals surface area contributed by atoms with Gasteiger partial charge in [-0.2, -0.15) is 0 Å². The monoisotopic (exact) mass is 126 g/mol. The van der Waals surface area contributed by atoms with Gasteiger partial charge >= 0.3 is 0 Å². The molecule has 0 aromatic carbocycles. The van der Waals surface area contributed by atoms with Gasteiger partial charge in [0.15, 0.2) is 9.68 Å². The van der Waals surface area contributed by atoms with Crippen LogP contribution in [0.1, 0.15) is 13.8 Å². The first-order chi connectivity index (χ1) is 3.27. The van der Waals surface area contributed by atoms with Gasteiger partial charge in [-0.1, -0.05) is 11.3 Å². The average molecular weight is 126 g/mol. The molecule has 0 aliphatic carbocycles. The molecule has 1 nitrogen and oxygen atoms in total. The fourth-order valence-electron chi connectivity index (χ4n) is 0.180. The van der Waals surface area contributed by atoms with Crippen LogP contribution in [-0.4, -0.2) is 20.1 Å². The van der Waals surface area contributed by atoms with Crippen molar-refractivity contribution in [3.05, 3.63) is 11.3 Å². The Labute approximate surface area is 50.6 Å². The topological polar surface area (TPSA) is 12.0 Å². The first-order valence-electron chi connectivity index (χ1n) is 2.08. The Morgan fingerprint density at radius 1 is 1.71 bits per heavy atom. The van der Waals surface area contributed by atoms with Crippen molar-refractivity contribution in [1.82, 2.24) is 4.65 Å². The Bertz CT molecular complexity index is 66.1. The van der Waals surface area contributed by atoms with Crippen molar-refractivity contribution in [2.24, 2.45) is 0 Å². The predicted octanol–water partition coefficient (Wildman–Crippen LogP) is 0.202. The molecule has 1 N–H and O–H groups in total. The van der Waals surface area contributed by atoms with Crippen molar-refractivity contribution in [2.45, 2.75) is 13.8 Å². The highest BCUT2D eigenvalue weighted by Gasteiger charge is 1.74. The second-order valence-corrected chi connectivity index (χ2v) is 3.07. The van der Waals surface area contributed by atoms with Gasteiger partial charge in [0.2, 0.25) is 0 Å². The summed E-state index contributed by atoms with van der Waals surface area (Å²) in [7, 11) is 3.83. The third kappa shape index (κ3) is 6.13. The summed E-state index contributed by atoms with van der Waals surface area (Å²) in [4.78, 5) is 0. The molecule has 37 valence electrons. The molecule has 3 heteroatoms. The lowest BCUT2D eigenvalue weighted by Crippen LogP contribution is -2.11. The van der Waals surface area contributed by atoms with Crippen LogP contribution in [-0.2, 0) is 0 Å². The minimum atomic E-state index is 0.697. The van der Waals surface area contributed by atoms with Crippen LogP contribution in [0.25, 0.3) is 0 Å². The van der Waals surface area contributed by atoms with Crippen molar-refractivity contribution in [3.63, 3.8) is 0 Å². The quantitative estimate of drug-likeness (QED) is 0.521. The summed E-state index contributed by atoms with van der Waals surface area (Å²) in [6, 6.07) is 0. The van der Waals surface area contributed by atoms with E-state index in [1.54, 1.807) is 0 Å². The second-order valence-electron chi connectivity index (χ2n) is 1.49. The maximum atomic E-state index is 3.14. The minimum absolute atomic E-state index is 0.697. The van der Waals surface area contributed by atoms with Gasteiger partial charge in [-0.15, -0.1) is 0 Å². The van der Waals surface area contributed by atoms with Crippen LogP contribution in [0.3, 0.4) is 0 Å². The molecule has 0 aromatic rings. The third-order valence-corrected chi connectivity index (χ3v) is 1.73. The average Bonchev–Trinajstić information content (AvgIpc) is 1.61. The van der Waals surface area contributed by atoms with E-state index in [0.29, 0.717) is 9.68 Å². The fraction of sp³-hybridized carbons (Fsp3) is 0.500. The van der Waals surface area contributed by atoms with Crippen LogP contribution < -0.4 is 4.65 Å². The highest BCUT2D eigenvalue weighted by molar-refractivity contribution is 6.47. The molecule has 0 atom stereocenters. The Kier molecular flexibility index (Phi) is 4.38. The fourth-order valence-corrected chi connectivity index (χ4v) is 0.758. The summed E-state index contributed by atoms with van der Waals surface area (Å²) < 4.78 is 2.86. The van der Waals surface area contributed by atoms with Crippen LogP contribution in [0.15, 0.2) is 11.3 Å². The van der Waals surface area contributed by atoms with E-state index in [0.717, 1.165) is 0 Å². The largest absolute Gasteiger partial charge is 0.361 e. The van der Waals surface area contributed by atoms with Gasteiger partial charge in [-0.05, 0) is 13.8 Å². The molecule has 0 amide bonds. The molecule has 0 rings (SSSR count). The first kappa shape index (κ1) is 7.13. The van der Waals surface area contributed by atoms with E-state index in [2.05, 4.69) is 34.6 Å². The molecule has 0 aliphatic rings. The van der Waals surface area contributed by atoms with Crippen LogP contribution in [0.2, 0.25) is 0 Å². The first-order valence-corrected chi connectivity index (χ1v) is 3.65. The molecule has 0 saturated heterocycles. The summed E-state index contributed by atoms with van der Waals surface area (Å²) >= 11 is 0. The molecule has 0 saturated carbocycles. The van der Waals surface area contributed by atoms with E-state index >= 15 is 0 Å². The highest BCUT2D eigenvalue weighted by atomic mass is 28.3. The zero-order valence-electron chi connectivity index (χ0n) is 4.58. The smallest absolute Gasteiger partial charge is 0.163 e. The van der Waals surface area contributed by atoms with Crippen molar-refractivity contribution in [2.75, 3.05) is 0 Å². The molecule has 0 spiro atoms. The van der Waals surface area contributed by atoms with Gasteiger partial charge in [-0.3, -0.25) is 0 Å². The van der Waals surface area contributed by atoms with Crippen LogP contribution in [0.5, 0.6) is 0 Å². The molecular formula is C4H8NSi2. The highest BCUT2D eigenvalue weighted by Crippen LogP contribution is 1.82. The van der Waals surface area contributed by atoms with Crippen LogP contribution >= 0.6 is 0 Å². The molecule has 5 radical (unpaired) electrons. The lowest BCUT2D eigenvalue weighted by molar-refractivity contribution is 1.40. The summed E-state index contributed by atoms with van der Waals surface area (Å²) in [5, 5.41) is 0. The summed E-state index contributed by atoms with van der Waals surface area (Å²) in [6.45, 7) is 4.16. The van der Waals surface area contributed by atoms with Gasteiger partial charge in [0.05, 0.1) is 0 Å². The van der Waals surface area contributed by atoms with Crippen LogP contribution in [0.4, 0.5) is 0 Å². The molecule has 0 unspecified atom stereocenters. The SMILES string of the molecule is CC(C)=C[Si]N[Si]. The molecular weight excluding hydrogens is 118 g/mol. The number of rotatable bonds is 2. The van der Waals surface area contributed by atoms with E-state index in [4.69, 9.17) is 0 Å². The van der Waals surface area contributed by atoms with E-state index < -0.39 is 0 Å². The van der Waals surface area contributed by atoms with Crippen molar-refractivity contribution < 1.29 is 0 Å². The lowest BCUT2D eigenvalue weighted by atomic mass is 10.4.